The Bertz CT molecular complexity index is 1320. The van der Waals surface area contributed by atoms with Crippen LogP contribution in [0.15, 0.2) is 77.5 Å². The zero-order valence-corrected chi connectivity index (χ0v) is 20.4. The fourth-order valence-electron chi connectivity index (χ4n) is 5.12. The second kappa shape index (κ2) is 10.7. The average molecular weight is 486 g/mol. The number of methoxy groups -OCH3 is 1. The molecule has 36 heavy (non-hydrogen) atoms. The summed E-state index contributed by atoms with van der Waals surface area (Å²) in [4.78, 5) is 32.7. The van der Waals surface area contributed by atoms with Crippen LogP contribution in [-0.4, -0.2) is 29.9 Å². The third kappa shape index (κ3) is 4.87. The maximum absolute atomic E-state index is 14.1. The first-order valence-electron chi connectivity index (χ1n) is 12.5. The van der Waals surface area contributed by atoms with Gasteiger partial charge in [0.2, 0.25) is 5.91 Å². The first-order valence-corrected chi connectivity index (χ1v) is 12.5. The number of ether oxygens (including phenoxy) is 1. The molecule has 0 saturated heterocycles. The second-order valence-corrected chi connectivity index (χ2v) is 9.23. The molecule has 186 valence electrons. The van der Waals surface area contributed by atoms with Gasteiger partial charge in [-0.05, 0) is 48.7 Å². The van der Waals surface area contributed by atoms with Gasteiger partial charge in [-0.15, -0.1) is 0 Å². The number of para-hydroxylation sites is 3. The molecule has 7 nitrogen and oxygen atoms in total. The van der Waals surface area contributed by atoms with E-state index in [0.717, 1.165) is 42.1 Å². The van der Waals surface area contributed by atoms with E-state index in [4.69, 9.17) is 9.15 Å². The molecule has 1 aliphatic rings. The van der Waals surface area contributed by atoms with Crippen molar-refractivity contribution in [1.29, 1.82) is 0 Å². The quantitative estimate of drug-likeness (QED) is 0.343. The smallest absolute Gasteiger partial charge is 0.251 e. The molecule has 2 N–H and O–H groups in total. The normalized spacial score (nSPS) is 14.9. The standard InChI is InChI=1S/C29H31N3O4/c1-35-25-15-8-7-14-24(25)32(27(33)18-20-19-30-23-13-6-5-12-22(20)23)28(26-16-9-17-36-26)29(34)31-21-10-3-2-4-11-21/h5-9,12-17,19,21,28,30H,2-4,10-11,18H2,1H3,(H,31,34). The predicted molar refractivity (Wildman–Crippen MR) is 139 cm³/mol. The van der Waals surface area contributed by atoms with Gasteiger partial charge in [0.15, 0.2) is 6.04 Å². The molecule has 0 bridgehead atoms. The molecule has 2 heterocycles. The first-order chi connectivity index (χ1) is 17.7. The molecule has 2 aromatic carbocycles. The zero-order chi connectivity index (χ0) is 24.9. The van der Waals surface area contributed by atoms with Crippen LogP contribution >= 0.6 is 0 Å². The highest BCUT2D eigenvalue weighted by Gasteiger charge is 2.37. The molecule has 1 aliphatic carbocycles. The van der Waals surface area contributed by atoms with E-state index in [0.29, 0.717) is 17.2 Å². The third-order valence-electron chi connectivity index (χ3n) is 6.90. The Morgan fingerprint density at radius 1 is 1.06 bits per heavy atom. The lowest BCUT2D eigenvalue weighted by atomic mass is 9.95. The van der Waals surface area contributed by atoms with E-state index < -0.39 is 6.04 Å². The van der Waals surface area contributed by atoms with E-state index in [1.807, 2.05) is 42.6 Å². The minimum atomic E-state index is -0.976. The lowest BCUT2D eigenvalue weighted by Crippen LogP contribution is -2.47. The Kier molecular flexibility index (Phi) is 7.07. The molecule has 2 aromatic heterocycles. The summed E-state index contributed by atoms with van der Waals surface area (Å²) in [6, 6.07) is 17.7. The Hall–Kier alpha value is -4.00. The topological polar surface area (TPSA) is 87.6 Å². The summed E-state index contributed by atoms with van der Waals surface area (Å²) < 4.78 is 11.4. The monoisotopic (exact) mass is 485 g/mol. The van der Waals surface area contributed by atoms with E-state index in [2.05, 4.69) is 10.3 Å². The van der Waals surface area contributed by atoms with Crippen LogP contribution in [0.25, 0.3) is 10.9 Å². The van der Waals surface area contributed by atoms with Gasteiger partial charge in [0.1, 0.15) is 11.5 Å². The van der Waals surface area contributed by atoms with Crippen molar-refractivity contribution >= 4 is 28.4 Å². The summed E-state index contributed by atoms with van der Waals surface area (Å²) in [5, 5.41) is 4.18. The summed E-state index contributed by atoms with van der Waals surface area (Å²) in [6.45, 7) is 0. The molecule has 0 aliphatic heterocycles. The average Bonchev–Trinajstić information content (AvgIpc) is 3.58. The van der Waals surface area contributed by atoms with E-state index >= 15 is 0 Å². The summed E-state index contributed by atoms with van der Waals surface area (Å²) in [6.07, 6.45) is 8.73. The van der Waals surface area contributed by atoms with Gasteiger partial charge in [0, 0.05) is 23.1 Å². The van der Waals surface area contributed by atoms with Crippen molar-refractivity contribution in [1.82, 2.24) is 10.3 Å². The number of amides is 2. The van der Waals surface area contributed by atoms with Crippen molar-refractivity contribution < 1.29 is 18.7 Å². The molecular formula is C29H31N3O4. The number of hydrogen-bond donors (Lipinski definition) is 2. The largest absolute Gasteiger partial charge is 0.495 e. The minimum absolute atomic E-state index is 0.0898. The molecule has 1 unspecified atom stereocenters. The Balaban J connectivity index is 1.55. The van der Waals surface area contributed by atoms with Crippen LogP contribution in [0.3, 0.4) is 0 Å². The molecule has 5 rings (SSSR count). The third-order valence-corrected chi connectivity index (χ3v) is 6.90. The number of aromatic amines is 1. The summed E-state index contributed by atoms with van der Waals surface area (Å²) >= 11 is 0. The molecule has 2 amide bonds. The molecule has 4 aromatic rings. The Morgan fingerprint density at radius 2 is 1.83 bits per heavy atom. The number of hydrogen-bond acceptors (Lipinski definition) is 4. The maximum atomic E-state index is 14.1. The molecule has 0 radical (unpaired) electrons. The van der Waals surface area contributed by atoms with Gasteiger partial charge in [-0.3, -0.25) is 14.5 Å². The summed E-state index contributed by atoms with van der Waals surface area (Å²) in [5.41, 5.74) is 2.34. The van der Waals surface area contributed by atoms with Crippen LogP contribution in [-0.2, 0) is 16.0 Å². The summed E-state index contributed by atoms with van der Waals surface area (Å²) in [7, 11) is 1.56. The van der Waals surface area contributed by atoms with Crippen molar-refractivity contribution in [2.75, 3.05) is 12.0 Å². The number of rotatable bonds is 8. The highest BCUT2D eigenvalue weighted by molar-refractivity contribution is 6.04. The second-order valence-electron chi connectivity index (χ2n) is 9.23. The van der Waals surface area contributed by atoms with Crippen molar-refractivity contribution in [3.8, 4) is 5.75 Å². The van der Waals surface area contributed by atoms with E-state index in [9.17, 15) is 9.59 Å². The van der Waals surface area contributed by atoms with Crippen molar-refractivity contribution in [3.05, 3.63) is 84.4 Å². The fraction of sp³-hybridized carbons (Fsp3) is 0.310. The highest BCUT2D eigenvalue weighted by atomic mass is 16.5. The van der Waals surface area contributed by atoms with Crippen LogP contribution in [0.1, 0.15) is 49.5 Å². The Morgan fingerprint density at radius 3 is 2.61 bits per heavy atom. The van der Waals surface area contributed by atoms with Crippen LogP contribution in [0.4, 0.5) is 5.69 Å². The number of anilines is 1. The van der Waals surface area contributed by atoms with Gasteiger partial charge in [0.05, 0.1) is 25.5 Å². The van der Waals surface area contributed by atoms with Gasteiger partial charge in [-0.25, -0.2) is 0 Å². The number of furan rings is 1. The molecule has 0 spiro atoms. The first kappa shape index (κ1) is 23.7. The number of nitrogens with zero attached hydrogens (tertiary/aromatic N) is 1. The van der Waals surface area contributed by atoms with E-state index in [1.54, 1.807) is 31.4 Å². The van der Waals surface area contributed by atoms with Crippen LogP contribution in [0.5, 0.6) is 5.75 Å². The van der Waals surface area contributed by atoms with Crippen LogP contribution < -0.4 is 15.0 Å². The number of nitrogens with one attached hydrogen (secondary N) is 2. The van der Waals surface area contributed by atoms with Gasteiger partial charge in [0.25, 0.3) is 5.91 Å². The zero-order valence-electron chi connectivity index (χ0n) is 20.4. The maximum Gasteiger partial charge on any atom is 0.251 e. The molecule has 1 fully saturated rings. The van der Waals surface area contributed by atoms with Gasteiger partial charge in [-0.1, -0.05) is 49.6 Å². The highest BCUT2D eigenvalue weighted by Crippen LogP contribution is 2.36. The predicted octanol–water partition coefficient (Wildman–Crippen LogP) is 5.54. The SMILES string of the molecule is COc1ccccc1N(C(=O)Cc1c[nH]c2ccccc12)C(C(=O)NC1CCCCC1)c1ccco1. The molecular weight excluding hydrogens is 454 g/mol. The van der Waals surface area contributed by atoms with Crippen molar-refractivity contribution in [2.24, 2.45) is 0 Å². The van der Waals surface area contributed by atoms with Crippen LogP contribution in [0.2, 0.25) is 0 Å². The van der Waals surface area contributed by atoms with Crippen molar-refractivity contribution in [2.45, 2.75) is 50.6 Å². The molecule has 1 atom stereocenters. The molecule has 1 saturated carbocycles. The number of aromatic nitrogens is 1. The number of carbonyl (C=O) groups excluding carboxylic acids is 2. The Labute approximate surface area is 210 Å². The van der Waals surface area contributed by atoms with Crippen LogP contribution in [0, 0.1) is 0 Å². The summed E-state index contributed by atoms with van der Waals surface area (Å²) in [5.74, 6) is 0.424. The number of carbonyl (C=O) groups is 2. The number of benzene rings is 2. The molecule has 7 heteroatoms. The van der Waals surface area contributed by atoms with E-state index in [1.165, 1.54) is 17.6 Å². The van der Waals surface area contributed by atoms with E-state index in [-0.39, 0.29) is 24.3 Å². The van der Waals surface area contributed by atoms with Gasteiger partial charge >= 0.3 is 0 Å². The fourth-order valence-corrected chi connectivity index (χ4v) is 5.12. The lowest BCUT2D eigenvalue weighted by molar-refractivity contribution is -0.127. The van der Waals surface area contributed by atoms with Crippen molar-refractivity contribution in [3.63, 3.8) is 0 Å². The number of fused-ring (bicyclic) bond motifs is 1. The van der Waals surface area contributed by atoms with Gasteiger partial charge in [-0.2, -0.15) is 0 Å². The minimum Gasteiger partial charge on any atom is -0.495 e. The lowest BCUT2D eigenvalue weighted by Gasteiger charge is -2.32. The van der Waals surface area contributed by atoms with Gasteiger partial charge < -0.3 is 19.5 Å². The number of H-pyrrole nitrogens is 1.